The van der Waals surface area contributed by atoms with Crippen molar-refractivity contribution in [2.75, 3.05) is 13.2 Å². The number of aliphatic hydroxyl groups is 2. The number of rotatable bonds is 24. The molecule has 16 nitrogen and oxygen atoms in total. The van der Waals surface area contributed by atoms with Crippen molar-refractivity contribution < 1.29 is 49.0 Å². The second-order valence-electron chi connectivity index (χ2n) is 13.4. The van der Waals surface area contributed by atoms with Gasteiger partial charge >= 0.3 is 0 Å². The van der Waals surface area contributed by atoms with Gasteiger partial charge in [-0.15, -0.1) is 12.3 Å². The lowest BCUT2D eigenvalue weighted by atomic mass is 9.90. The predicted molar refractivity (Wildman–Crippen MR) is 201 cm³/mol. The van der Waals surface area contributed by atoms with Crippen molar-refractivity contribution in [3.63, 3.8) is 0 Å². The highest BCUT2D eigenvalue weighted by Crippen LogP contribution is 2.17. The third kappa shape index (κ3) is 15.7. The Hall–Kier alpha value is -5.63. The van der Waals surface area contributed by atoms with E-state index in [1.165, 1.54) is 5.48 Å². The Morgan fingerprint density at radius 2 is 1.38 bits per heavy atom. The van der Waals surface area contributed by atoms with E-state index >= 15 is 0 Å². The van der Waals surface area contributed by atoms with Crippen molar-refractivity contribution >= 4 is 41.2 Å². The summed E-state index contributed by atoms with van der Waals surface area (Å²) < 4.78 is 0. The Labute approximate surface area is 320 Å². The van der Waals surface area contributed by atoms with Crippen LogP contribution in [0.25, 0.3) is 0 Å². The van der Waals surface area contributed by atoms with Crippen LogP contribution in [0.4, 0.5) is 0 Å². The summed E-state index contributed by atoms with van der Waals surface area (Å²) in [6, 6.07) is 10.7. The smallest absolute Gasteiger partial charge is 0.272 e. The van der Waals surface area contributed by atoms with E-state index in [1.807, 2.05) is 0 Å². The van der Waals surface area contributed by atoms with Crippen molar-refractivity contribution in [1.82, 2.24) is 26.7 Å². The first-order chi connectivity index (χ1) is 26.2. The molecule has 298 valence electrons. The second kappa shape index (κ2) is 23.9. The summed E-state index contributed by atoms with van der Waals surface area (Å²) in [7, 11) is 0. The quantitative estimate of drug-likeness (QED) is 0.0227. The van der Waals surface area contributed by atoms with Crippen LogP contribution >= 0.6 is 0 Å². The lowest BCUT2D eigenvalue weighted by Gasteiger charge is -2.27. The number of hydrogen-bond donors (Lipinski definition) is 9. The monoisotopic (exact) mass is 764 g/mol. The molecule has 0 aliphatic carbocycles. The molecule has 55 heavy (non-hydrogen) atoms. The number of amides is 6. The molecule has 6 amide bonds. The zero-order valence-corrected chi connectivity index (χ0v) is 31.1. The van der Waals surface area contributed by atoms with Crippen LogP contribution in [0, 0.1) is 24.2 Å². The number of primary amides is 1. The van der Waals surface area contributed by atoms with Crippen LogP contribution in [0.2, 0.25) is 0 Å². The number of nitrogens with one attached hydrogen (secondary N) is 5. The van der Waals surface area contributed by atoms with E-state index in [-0.39, 0.29) is 43.3 Å². The summed E-state index contributed by atoms with van der Waals surface area (Å²) in [5.41, 5.74) is 8.22. The number of hydroxylamine groups is 1. The number of hydrogen-bond acceptors (Lipinski definition) is 10. The molecule has 0 aromatic heterocycles. The van der Waals surface area contributed by atoms with Crippen molar-refractivity contribution in [2.24, 2.45) is 17.6 Å². The minimum atomic E-state index is -1.98. The summed E-state index contributed by atoms with van der Waals surface area (Å²) in [5, 5.41) is 39.5. The molecule has 0 radical (unpaired) electrons. The van der Waals surface area contributed by atoms with Gasteiger partial charge in [0.25, 0.3) is 5.91 Å². The lowest BCUT2D eigenvalue weighted by molar-refractivity contribution is -0.147. The Morgan fingerprint density at radius 1 is 0.782 bits per heavy atom. The zero-order valence-electron chi connectivity index (χ0n) is 31.1. The molecule has 0 spiro atoms. The molecule has 0 saturated heterocycles. The minimum Gasteiger partial charge on any atom is -0.394 e. The van der Waals surface area contributed by atoms with E-state index in [9.17, 15) is 43.8 Å². The van der Waals surface area contributed by atoms with Gasteiger partial charge in [-0.3, -0.25) is 38.8 Å². The minimum absolute atomic E-state index is 0.0264. The third-order valence-electron chi connectivity index (χ3n) is 8.59. The fourth-order valence-corrected chi connectivity index (χ4v) is 5.57. The molecular formula is C39H52N6O10. The van der Waals surface area contributed by atoms with Gasteiger partial charge < -0.3 is 37.2 Å². The van der Waals surface area contributed by atoms with Gasteiger partial charge in [-0.25, -0.2) is 5.48 Å². The van der Waals surface area contributed by atoms with Crippen molar-refractivity contribution in [3.8, 4) is 12.3 Å². The van der Waals surface area contributed by atoms with Crippen LogP contribution in [0.5, 0.6) is 0 Å². The molecular weight excluding hydrogens is 712 g/mol. The van der Waals surface area contributed by atoms with Crippen molar-refractivity contribution in [3.05, 3.63) is 71.3 Å². The van der Waals surface area contributed by atoms with E-state index < -0.39 is 66.3 Å². The summed E-state index contributed by atoms with van der Waals surface area (Å²) in [6.07, 6.45) is 5.34. The van der Waals surface area contributed by atoms with Crippen molar-refractivity contribution in [2.45, 2.75) is 89.4 Å². The maximum atomic E-state index is 13.7. The number of terminal acetylenes is 1. The van der Waals surface area contributed by atoms with Gasteiger partial charge in [0, 0.05) is 36.9 Å². The number of aliphatic hydroxyl groups excluding tert-OH is 2. The molecule has 0 heterocycles. The molecule has 10 N–H and O–H groups in total. The zero-order chi connectivity index (χ0) is 40.9. The molecule has 2 aromatic carbocycles. The molecule has 2 aromatic rings. The number of carbonyl (C=O) groups excluding carboxylic acids is 7. The van der Waals surface area contributed by atoms with Crippen LogP contribution in [0.15, 0.2) is 54.6 Å². The number of unbranched alkanes of at least 4 members (excludes halogenated alkanes) is 2. The van der Waals surface area contributed by atoms with Crippen LogP contribution < -0.4 is 32.5 Å². The fourth-order valence-electron chi connectivity index (χ4n) is 5.57. The molecule has 0 saturated carbocycles. The predicted octanol–water partition coefficient (Wildman–Crippen LogP) is 0.0107. The first kappa shape index (κ1) is 45.5. The fraction of sp³-hybridized carbons (Fsp3) is 0.462. The SMILES string of the molecule is C#CCCCC(=O)NCCCCC(NC(=O)[C@H](Cc1ccc(C(=O)c2ccccc2)cc1)NC(=O)[C@H](CO)NC(=O)[C@@H](CC(C)C)[C@H](O)C(=O)NO)C(N)=O. The molecule has 0 aliphatic rings. The summed E-state index contributed by atoms with van der Waals surface area (Å²) in [5.74, 6) is -4.45. The van der Waals surface area contributed by atoms with Crippen molar-refractivity contribution in [1.29, 1.82) is 0 Å². The van der Waals surface area contributed by atoms with Crippen LogP contribution in [0.3, 0.4) is 0 Å². The van der Waals surface area contributed by atoms with Gasteiger partial charge in [0.1, 0.15) is 24.2 Å². The lowest BCUT2D eigenvalue weighted by Crippen LogP contribution is -2.58. The molecule has 0 bridgehead atoms. The second-order valence-corrected chi connectivity index (χ2v) is 13.4. The van der Waals surface area contributed by atoms with Gasteiger partial charge in [0.05, 0.1) is 12.5 Å². The molecule has 0 aliphatic heterocycles. The highest BCUT2D eigenvalue weighted by molar-refractivity contribution is 6.09. The molecule has 5 atom stereocenters. The van der Waals surface area contributed by atoms with E-state index in [0.29, 0.717) is 48.9 Å². The normalized spacial score (nSPS) is 13.5. The Balaban J connectivity index is 2.25. The highest BCUT2D eigenvalue weighted by atomic mass is 16.5. The highest BCUT2D eigenvalue weighted by Gasteiger charge is 2.36. The molecule has 0 fully saturated rings. The van der Waals surface area contributed by atoms with Gasteiger partial charge in [-0.05, 0) is 43.6 Å². The number of ketones is 1. The number of carbonyl (C=O) groups is 7. The van der Waals surface area contributed by atoms with Gasteiger partial charge in [-0.1, -0.05) is 68.4 Å². The molecule has 2 rings (SSSR count). The van der Waals surface area contributed by atoms with E-state index in [4.69, 9.17) is 17.4 Å². The van der Waals surface area contributed by atoms with Gasteiger partial charge in [0.2, 0.25) is 29.5 Å². The van der Waals surface area contributed by atoms with E-state index in [1.54, 1.807) is 68.4 Å². The average Bonchev–Trinajstić information content (AvgIpc) is 3.17. The van der Waals surface area contributed by atoms with E-state index in [0.717, 1.165) is 0 Å². The molecule has 1 unspecified atom stereocenters. The summed E-state index contributed by atoms with van der Waals surface area (Å²) in [4.78, 5) is 89.5. The maximum Gasteiger partial charge on any atom is 0.272 e. The largest absolute Gasteiger partial charge is 0.394 e. The third-order valence-corrected chi connectivity index (χ3v) is 8.59. The van der Waals surface area contributed by atoms with Crippen LogP contribution in [-0.2, 0) is 35.2 Å². The van der Waals surface area contributed by atoms with Crippen LogP contribution in [-0.4, -0.2) is 94.0 Å². The topological polar surface area (TPSA) is 266 Å². The summed E-state index contributed by atoms with van der Waals surface area (Å²) >= 11 is 0. The van der Waals surface area contributed by atoms with Crippen LogP contribution in [0.1, 0.15) is 80.3 Å². The standard InChI is InChI=1S/C39H52N6O10/c1-4-5-7-15-32(47)41-20-11-10-14-29(35(40)50)42-37(52)30(22-25-16-18-27(19-17-25)33(48)26-12-8-6-9-13-26)43-38(53)31(23-46)44-36(51)28(21-24(2)3)34(49)39(54)45-55/h1,6,8-9,12-13,16-19,24,28-31,34,46,49,55H,5,7,10-11,14-15,20-23H2,2-3H3,(H2,40,50)(H,41,47)(H,42,52)(H,43,53)(H,44,51)(H,45,54)/t28-,29?,30-,31-,34-/m0/s1. The number of benzene rings is 2. The first-order valence-electron chi connectivity index (χ1n) is 18.0. The number of nitrogens with two attached hydrogens (primary N) is 1. The first-order valence-corrected chi connectivity index (χ1v) is 18.0. The molecule has 16 heteroatoms. The Kier molecular flexibility index (Phi) is 19.8. The Morgan fingerprint density at radius 3 is 1.96 bits per heavy atom. The van der Waals surface area contributed by atoms with Gasteiger partial charge in [-0.2, -0.15) is 0 Å². The maximum absolute atomic E-state index is 13.7. The van der Waals surface area contributed by atoms with E-state index in [2.05, 4.69) is 27.2 Å². The summed E-state index contributed by atoms with van der Waals surface area (Å²) in [6.45, 7) is 2.82. The Bertz CT molecular complexity index is 1640. The van der Waals surface area contributed by atoms with Gasteiger partial charge in [0.15, 0.2) is 5.78 Å². The average molecular weight is 765 g/mol.